The first-order valence-electron chi connectivity index (χ1n) is 6.29. The molecule has 0 bridgehead atoms. The molecule has 1 saturated heterocycles. The van der Waals surface area contributed by atoms with Crippen molar-refractivity contribution in [2.75, 3.05) is 19.7 Å². The monoisotopic (exact) mass is 241 g/mol. The van der Waals surface area contributed by atoms with E-state index in [2.05, 4.69) is 6.92 Å². The first-order valence-corrected chi connectivity index (χ1v) is 6.29. The maximum absolute atomic E-state index is 11.6. The molecular weight excluding hydrogens is 220 g/mol. The van der Waals surface area contributed by atoms with E-state index in [1.807, 2.05) is 0 Å². The van der Waals surface area contributed by atoms with Crippen molar-refractivity contribution < 1.29 is 14.3 Å². The molecule has 1 radical (unpaired) electrons. The van der Waals surface area contributed by atoms with Gasteiger partial charge in [0, 0.05) is 19.5 Å². The molecule has 0 aromatic heterocycles. The van der Waals surface area contributed by atoms with E-state index in [1.54, 1.807) is 4.90 Å². The molecule has 5 nitrogen and oxygen atoms in total. The Morgan fingerprint density at radius 2 is 2.00 bits per heavy atom. The van der Waals surface area contributed by atoms with E-state index in [-0.39, 0.29) is 12.0 Å². The molecule has 0 aliphatic carbocycles. The van der Waals surface area contributed by atoms with E-state index in [0.29, 0.717) is 26.1 Å². The van der Waals surface area contributed by atoms with Gasteiger partial charge in [-0.05, 0) is 25.2 Å². The number of carbonyl (C=O) groups excluding carboxylic acids is 2. The normalized spacial score (nSPS) is 16.9. The highest BCUT2D eigenvalue weighted by molar-refractivity contribution is 5.73. The fourth-order valence-electron chi connectivity index (χ4n) is 1.98. The van der Waals surface area contributed by atoms with Gasteiger partial charge in [-0.2, -0.15) is 0 Å². The van der Waals surface area contributed by atoms with Crippen LogP contribution in [0.5, 0.6) is 0 Å². The van der Waals surface area contributed by atoms with E-state index in [1.165, 1.54) is 0 Å². The number of ether oxygens (including phenoxy) is 1. The van der Waals surface area contributed by atoms with Crippen LogP contribution in [0.1, 0.15) is 39.0 Å². The van der Waals surface area contributed by atoms with Crippen molar-refractivity contribution in [3.8, 4) is 0 Å². The number of unbranched alkanes of at least 4 members (excludes halogenated alkanes) is 1. The maximum Gasteiger partial charge on any atom is 0.409 e. The maximum atomic E-state index is 11.6. The number of nitrogens with zero attached hydrogens (tertiary/aromatic N) is 1. The second-order valence-electron chi connectivity index (χ2n) is 4.53. The zero-order valence-electron chi connectivity index (χ0n) is 10.4. The van der Waals surface area contributed by atoms with Crippen LogP contribution >= 0.6 is 0 Å². The standard InChI is InChI=1S/C12H21N2O3/c1-2-3-8-17-12(16)14-6-4-10(5-7-14)9-11(13)15/h10,13H,2-9H2,1H3. The Kier molecular flexibility index (Phi) is 5.80. The summed E-state index contributed by atoms with van der Waals surface area (Å²) in [5, 5.41) is 0. The van der Waals surface area contributed by atoms with Gasteiger partial charge in [0.1, 0.15) is 0 Å². The van der Waals surface area contributed by atoms with Crippen LogP contribution in [0, 0.1) is 5.92 Å². The summed E-state index contributed by atoms with van der Waals surface area (Å²) in [5.74, 6) is -0.242. The topological polar surface area (TPSA) is 70.4 Å². The number of carbonyl (C=O) groups is 2. The molecule has 1 aliphatic heterocycles. The molecular formula is C12H21N2O3. The molecule has 97 valence electrons. The summed E-state index contributed by atoms with van der Waals surface area (Å²) in [5.41, 5.74) is 6.92. The molecule has 2 amide bonds. The summed E-state index contributed by atoms with van der Waals surface area (Å²) in [6.45, 7) is 3.82. The summed E-state index contributed by atoms with van der Waals surface area (Å²) in [7, 11) is 0. The Morgan fingerprint density at radius 3 is 2.53 bits per heavy atom. The van der Waals surface area contributed by atoms with E-state index in [0.717, 1.165) is 25.7 Å². The van der Waals surface area contributed by atoms with Crippen molar-refractivity contribution in [1.82, 2.24) is 10.6 Å². The van der Waals surface area contributed by atoms with Crippen molar-refractivity contribution in [3.63, 3.8) is 0 Å². The number of likely N-dealkylation sites (tertiary alicyclic amines) is 1. The second kappa shape index (κ2) is 7.14. The smallest absolute Gasteiger partial charge is 0.409 e. The number of piperidine rings is 1. The summed E-state index contributed by atoms with van der Waals surface area (Å²) in [4.78, 5) is 24.0. The largest absolute Gasteiger partial charge is 0.449 e. The first kappa shape index (κ1) is 13.8. The fourth-order valence-corrected chi connectivity index (χ4v) is 1.98. The highest BCUT2D eigenvalue weighted by atomic mass is 16.6. The van der Waals surface area contributed by atoms with Gasteiger partial charge in [0.25, 0.3) is 0 Å². The van der Waals surface area contributed by atoms with Gasteiger partial charge in [-0.3, -0.25) is 10.5 Å². The minimum absolute atomic E-state index is 0.242. The van der Waals surface area contributed by atoms with Gasteiger partial charge in [-0.15, -0.1) is 0 Å². The Bertz CT molecular complexity index is 260. The number of nitrogens with one attached hydrogen (secondary N) is 1. The first-order chi connectivity index (χ1) is 8.13. The average Bonchev–Trinajstić information content (AvgIpc) is 2.29. The lowest BCUT2D eigenvalue weighted by molar-refractivity contribution is -0.119. The predicted molar refractivity (Wildman–Crippen MR) is 63.3 cm³/mol. The molecule has 0 unspecified atom stereocenters. The lowest BCUT2D eigenvalue weighted by Gasteiger charge is -2.30. The fraction of sp³-hybridized carbons (Fsp3) is 0.833. The van der Waals surface area contributed by atoms with E-state index in [4.69, 9.17) is 10.5 Å². The predicted octanol–water partition coefficient (Wildman–Crippen LogP) is 1.83. The van der Waals surface area contributed by atoms with Gasteiger partial charge < -0.3 is 9.64 Å². The van der Waals surface area contributed by atoms with Crippen LogP contribution in [0.2, 0.25) is 0 Å². The Balaban J connectivity index is 2.21. The van der Waals surface area contributed by atoms with E-state index >= 15 is 0 Å². The molecule has 17 heavy (non-hydrogen) atoms. The lowest BCUT2D eigenvalue weighted by Crippen LogP contribution is -2.39. The van der Waals surface area contributed by atoms with E-state index in [9.17, 15) is 9.59 Å². The molecule has 5 heteroatoms. The van der Waals surface area contributed by atoms with Crippen molar-refractivity contribution in [1.29, 1.82) is 0 Å². The van der Waals surface area contributed by atoms with Crippen LogP contribution in [0.25, 0.3) is 0 Å². The summed E-state index contributed by atoms with van der Waals surface area (Å²) in [6.07, 6.45) is 3.59. The molecule has 0 atom stereocenters. The van der Waals surface area contributed by atoms with Gasteiger partial charge in [0.15, 0.2) is 0 Å². The summed E-state index contributed by atoms with van der Waals surface area (Å²) < 4.78 is 5.12. The van der Waals surface area contributed by atoms with Crippen LogP contribution in [0.15, 0.2) is 0 Å². The highest BCUT2D eigenvalue weighted by Crippen LogP contribution is 2.20. The quantitative estimate of drug-likeness (QED) is 0.689. The molecule has 0 saturated carbocycles. The highest BCUT2D eigenvalue weighted by Gasteiger charge is 2.24. The van der Waals surface area contributed by atoms with Gasteiger partial charge in [0.2, 0.25) is 5.91 Å². The Labute approximate surface area is 102 Å². The number of hydrogen-bond donors (Lipinski definition) is 0. The summed E-state index contributed by atoms with van der Waals surface area (Å²) in [6, 6.07) is 0. The zero-order valence-corrected chi connectivity index (χ0v) is 10.4. The van der Waals surface area contributed by atoms with Crippen LogP contribution < -0.4 is 5.73 Å². The van der Waals surface area contributed by atoms with Crippen LogP contribution in [-0.2, 0) is 9.53 Å². The van der Waals surface area contributed by atoms with Gasteiger partial charge in [0.05, 0.1) is 6.61 Å². The third kappa shape index (κ3) is 5.06. The van der Waals surface area contributed by atoms with E-state index < -0.39 is 5.91 Å². The molecule has 1 rings (SSSR count). The minimum atomic E-state index is -0.506. The van der Waals surface area contributed by atoms with Crippen molar-refractivity contribution in [2.24, 2.45) is 5.92 Å². The molecule has 1 heterocycles. The molecule has 0 aromatic rings. The van der Waals surface area contributed by atoms with Gasteiger partial charge in [-0.1, -0.05) is 13.3 Å². The van der Waals surface area contributed by atoms with Crippen LogP contribution in [0.4, 0.5) is 4.79 Å². The van der Waals surface area contributed by atoms with Crippen molar-refractivity contribution in [3.05, 3.63) is 0 Å². The molecule has 1 fully saturated rings. The number of amides is 2. The third-order valence-corrected chi connectivity index (χ3v) is 3.07. The van der Waals surface area contributed by atoms with Gasteiger partial charge >= 0.3 is 6.09 Å². The van der Waals surface area contributed by atoms with Crippen LogP contribution in [0.3, 0.4) is 0 Å². The zero-order chi connectivity index (χ0) is 12.7. The van der Waals surface area contributed by atoms with Crippen molar-refractivity contribution >= 4 is 12.0 Å². The SMILES string of the molecule is CCCCOC(=O)N1CCC(CC([NH])=O)CC1. The molecule has 1 N–H and O–H groups in total. The number of hydrogen-bond acceptors (Lipinski definition) is 3. The summed E-state index contributed by atoms with van der Waals surface area (Å²) >= 11 is 0. The van der Waals surface area contributed by atoms with Crippen molar-refractivity contribution in [2.45, 2.75) is 39.0 Å². The molecule has 0 spiro atoms. The van der Waals surface area contributed by atoms with Crippen LogP contribution in [-0.4, -0.2) is 36.6 Å². The minimum Gasteiger partial charge on any atom is -0.449 e. The third-order valence-electron chi connectivity index (χ3n) is 3.07. The molecule has 0 aromatic carbocycles. The molecule has 1 aliphatic rings. The number of rotatable bonds is 5. The van der Waals surface area contributed by atoms with Gasteiger partial charge in [-0.25, -0.2) is 4.79 Å². The Hall–Kier alpha value is -1.26. The Morgan fingerprint density at radius 1 is 1.35 bits per heavy atom. The second-order valence-corrected chi connectivity index (χ2v) is 4.53. The average molecular weight is 241 g/mol. The lowest BCUT2D eigenvalue weighted by atomic mass is 9.93.